The Bertz CT molecular complexity index is 1340. The van der Waals surface area contributed by atoms with Crippen LogP contribution in [0.15, 0.2) is 83.9 Å². The Morgan fingerprint density at radius 1 is 0.943 bits per heavy atom. The third kappa shape index (κ3) is 4.14. The highest BCUT2D eigenvalue weighted by Crippen LogP contribution is 2.42. The maximum absolute atomic E-state index is 13.5. The number of likely N-dealkylation sites (N-methyl/N-ethyl adjacent to an activating group) is 1. The van der Waals surface area contributed by atoms with E-state index in [-0.39, 0.29) is 11.5 Å². The number of hydrogen-bond acceptors (Lipinski definition) is 6. The van der Waals surface area contributed by atoms with Gasteiger partial charge in [0, 0.05) is 12.6 Å². The van der Waals surface area contributed by atoms with E-state index in [9.17, 15) is 27.6 Å². The first-order valence-corrected chi connectivity index (χ1v) is 10.3. The van der Waals surface area contributed by atoms with E-state index in [1.807, 2.05) is 0 Å². The van der Waals surface area contributed by atoms with Gasteiger partial charge in [-0.25, -0.2) is 14.6 Å². The number of aliphatic imine (C=N–C) groups is 1. The fourth-order valence-electron chi connectivity index (χ4n) is 3.88. The number of rotatable bonds is 4. The molecule has 4 rings (SSSR count). The maximum Gasteiger partial charge on any atom is 0.491 e. The second kappa shape index (κ2) is 8.71. The van der Waals surface area contributed by atoms with E-state index in [1.165, 1.54) is 19.2 Å². The van der Waals surface area contributed by atoms with Crippen molar-refractivity contribution < 1.29 is 32.3 Å². The summed E-state index contributed by atoms with van der Waals surface area (Å²) in [5, 5.41) is 0. The minimum atomic E-state index is -5.39. The summed E-state index contributed by atoms with van der Waals surface area (Å²) in [6.45, 7) is 0. The van der Waals surface area contributed by atoms with Gasteiger partial charge in [-0.15, -0.1) is 0 Å². The lowest BCUT2D eigenvalue weighted by atomic mass is 9.79. The van der Waals surface area contributed by atoms with E-state index in [1.54, 1.807) is 66.7 Å². The van der Waals surface area contributed by atoms with Crippen molar-refractivity contribution in [3.63, 3.8) is 0 Å². The van der Waals surface area contributed by atoms with Gasteiger partial charge in [-0.05, 0) is 22.8 Å². The second-order valence-corrected chi connectivity index (χ2v) is 7.71. The number of carbonyl (C=O) groups is 3. The molecular formula is C25H18F3N3O4. The number of halogens is 3. The Balaban J connectivity index is 1.97. The van der Waals surface area contributed by atoms with Crippen molar-refractivity contribution in [2.75, 3.05) is 7.05 Å². The predicted octanol–water partition coefficient (Wildman–Crippen LogP) is 3.63. The van der Waals surface area contributed by atoms with Crippen molar-refractivity contribution >= 4 is 23.8 Å². The molecule has 0 spiro atoms. The fraction of sp³-hybridized carbons (Fsp3) is 0.120. The zero-order chi connectivity index (χ0) is 25.4. The van der Waals surface area contributed by atoms with Crippen LogP contribution in [0.2, 0.25) is 0 Å². The number of guanidine groups is 1. The van der Waals surface area contributed by atoms with Crippen molar-refractivity contribution in [2.24, 2.45) is 10.7 Å². The molecule has 1 aliphatic rings. The Morgan fingerprint density at radius 3 is 2.09 bits per heavy atom. The number of carbonyl (C=O) groups excluding carboxylic acids is 3. The number of nitrogens with two attached hydrogens (primary N) is 1. The molecule has 7 nitrogen and oxygen atoms in total. The quantitative estimate of drug-likeness (QED) is 0.453. The molecular weight excluding hydrogens is 463 g/mol. The molecule has 0 radical (unpaired) electrons. The summed E-state index contributed by atoms with van der Waals surface area (Å²) in [6.07, 6.45) is -5.39. The highest BCUT2D eigenvalue weighted by molar-refractivity contribution is 6.11. The van der Waals surface area contributed by atoms with E-state index in [2.05, 4.69) is 9.73 Å². The van der Waals surface area contributed by atoms with E-state index in [0.717, 1.165) is 4.90 Å². The SMILES string of the molecule is CN1C(=O)C(c2ccccc2)(c2ccc(-c3ccccc3)cc2C(=O)OC(=O)C(F)(F)F)N=C1N. The molecule has 3 aromatic carbocycles. The molecule has 1 amide bonds. The summed E-state index contributed by atoms with van der Waals surface area (Å²) in [5.41, 5.74) is 4.94. The number of amides is 1. The smallest absolute Gasteiger partial charge is 0.383 e. The maximum atomic E-state index is 13.5. The minimum absolute atomic E-state index is 0.0827. The minimum Gasteiger partial charge on any atom is -0.383 e. The Hall–Kier alpha value is -4.47. The van der Waals surface area contributed by atoms with Crippen molar-refractivity contribution in [3.8, 4) is 11.1 Å². The molecule has 2 N–H and O–H groups in total. The summed E-state index contributed by atoms with van der Waals surface area (Å²) < 4.78 is 42.7. The molecule has 0 saturated heterocycles. The summed E-state index contributed by atoms with van der Waals surface area (Å²) in [6, 6.07) is 21.1. The highest BCUT2D eigenvalue weighted by atomic mass is 19.4. The molecule has 10 heteroatoms. The van der Waals surface area contributed by atoms with Crippen LogP contribution in [0, 0.1) is 0 Å². The predicted molar refractivity (Wildman–Crippen MR) is 120 cm³/mol. The topological polar surface area (TPSA) is 102 Å². The zero-order valence-corrected chi connectivity index (χ0v) is 18.2. The normalized spacial score (nSPS) is 17.8. The first kappa shape index (κ1) is 23.7. The average molecular weight is 481 g/mol. The molecule has 1 atom stereocenters. The molecule has 3 aromatic rings. The van der Waals surface area contributed by atoms with Crippen molar-refractivity contribution in [1.29, 1.82) is 0 Å². The first-order chi connectivity index (χ1) is 16.6. The zero-order valence-electron chi connectivity index (χ0n) is 18.2. The molecule has 1 aliphatic heterocycles. The van der Waals surface area contributed by atoms with Crippen molar-refractivity contribution in [3.05, 3.63) is 95.6 Å². The number of hydrogen-bond donors (Lipinski definition) is 1. The van der Waals surface area contributed by atoms with E-state index >= 15 is 0 Å². The molecule has 0 saturated carbocycles. The number of nitrogens with zero attached hydrogens (tertiary/aromatic N) is 2. The monoisotopic (exact) mass is 481 g/mol. The van der Waals surface area contributed by atoms with Crippen molar-refractivity contribution in [1.82, 2.24) is 4.90 Å². The van der Waals surface area contributed by atoms with Gasteiger partial charge in [-0.2, -0.15) is 13.2 Å². The summed E-state index contributed by atoms with van der Waals surface area (Å²) in [4.78, 5) is 43.3. The molecule has 178 valence electrons. The van der Waals surface area contributed by atoms with Gasteiger partial charge in [0.05, 0.1) is 5.56 Å². The summed E-state index contributed by atoms with van der Waals surface area (Å²) in [5.74, 6) is -5.04. The number of ether oxygens (including phenoxy) is 1. The van der Waals surface area contributed by atoms with Crippen LogP contribution in [0.4, 0.5) is 13.2 Å². The van der Waals surface area contributed by atoms with Crippen LogP contribution in [0.25, 0.3) is 11.1 Å². The van der Waals surface area contributed by atoms with Gasteiger partial charge < -0.3 is 10.5 Å². The average Bonchev–Trinajstić information content (AvgIpc) is 3.08. The molecule has 0 fully saturated rings. The largest absolute Gasteiger partial charge is 0.491 e. The summed E-state index contributed by atoms with van der Waals surface area (Å²) >= 11 is 0. The van der Waals surface area contributed by atoms with Crippen LogP contribution in [-0.2, 0) is 19.9 Å². The Kier molecular flexibility index (Phi) is 5.89. The van der Waals surface area contributed by atoms with Crippen LogP contribution in [0.3, 0.4) is 0 Å². The lowest BCUT2D eigenvalue weighted by Gasteiger charge is -2.28. The second-order valence-electron chi connectivity index (χ2n) is 7.71. The Morgan fingerprint density at radius 2 is 1.54 bits per heavy atom. The van der Waals surface area contributed by atoms with Crippen LogP contribution < -0.4 is 5.73 Å². The van der Waals surface area contributed by atoms with Crippen molar-refractivity contribution in [2.45, 2.75) is 11.7 Å². The van der Waals surface area contributed by atoms with Gasteiger partial charge in [0.1, 0.15) is 0 Å². The number of esters is 2. The Labute approximate surface area is 197 Å². The molecule has 0 aromatic heterocycles. The van der Waals surface area contributed by atoms with Crippen LogP contribution in [0.1, 0.15) is 21.5 Å². The molecule has 1 unspecified atom stereocenters. The summed E-state index contributed by atoms with van der Waals surface area (Å²) in [7, 11) is 1.38. The van der Waals surface area contributed by atoms with Gasteiger partial charge >= 0.3 is 18.1 Å². The molecule has 35 heavy (non-hydrogen) atoms. The van der Waals surface area contributed by atoms with Gasteiger partial charge in [-0.3, -0.25) is 9.69 Å². The van der Waals surface area contributed by atoms with Gasteiger partial charge in [0.2, 0.25) is 0 Å². The van der Waals surface area contributed by atoms with Gasteiger partial charge in [0.25, 0.3) is 5.91 Å². The van der Waals surface area contributed by atoms with E-state index in [0.29, 0.717) is 16.7 Å². The van der Waals surface area contributed by atoms with E-state index < -0.39 is 35.1 Å². The highest BCUT2D eigenvalue weighted by Gasteiger charge is 2.52. The van der Waals surface area contributed by atoms with Crippen LogP contribution in [-0.4, -0.2) is 41.9 Å². The molecule has 0 bridgehead atoms. The lowest BCUT2D eigenvalue weighted by Crippen LogP contribution is -2.42. The third-order valence-electron chi connectivity index (χ3n) is 5.58. The lowest BCUT2D eigenvalue weighted by molar-refractivity contribution is -0.193. The first-order valence-electron chi connectivity index (χ1n) is 10.3. The fourth-order valence-corrected chi connectivity index (χ4v) is 3.88. The standard InChI is InChI=1S/C25H18F3N3O4/c1-31-21(33)24(30-23(31)29,17-10-6-3-7-11-17)19-13-12-16(15-8-4-2-5-9-15)14-18(19)20(32)35-22(34)25(26,27)28/h2-14H,1H3,(H2,29,30). The number of benzene rings is 3. The molecule has 0 aliphatic carbocycles. The number of alkyl halides is 3. The van der Waals surface area contributed by atoms with Crippen LogP contribution >= 0.6 is 0 Å². The van der Waals surface area contributed by atoms with Gasteiger partial charge in [-0.1, -0.05) is 72.8 Å². The van der Waals surface area contributed by atoms with E-state index in [4.69, 9.17) is 5.73 Å². The third-order valence-corrected chi connectivity index (χ3v) is 5.58. The van der Waals surface area contributed by atoms with Gasteiger partial charge in [0.15, 0.2) is 11.5 Å². The molecule has 1 heterocycles. The van der Waals surface area contributed by atoms with Crippen LogP contribution in [0.5, 0.6) is 0 Å².